The van der Waals surface area contributed by atoms with Crippen molar-refractivity contribution in [1.82, 2.24) is 5.43 Å². The summed E-state index contributed by atoms with van der Waals surface area (Å²) in [6.45, 7) is 12.3. The highest BCUT2D eigenvalue weighted by Gasteiger charge is 2.14. The average molecular weight is 367 g/mol. The lowest BCUT2D eigenvalue weighted by Crippen LogP contribution is -2.21. The minimum Gasteiger partial charge on any atom is -0.507 e. The molecule has 5 heteroatoms. The molecule has 0 heterocycles. The van der Waals surface area contributed by atoms with Gasteiger partial charge in [0.05, 0.1) is 6.21 Å². The number of benzene rings is 2. The van der Waals surface area contributed by atoms with Gasteiger partial charge in [-0.05, 0) is 55.2 Å². The zero-order valence-electron chi connectivity index (χ0n) is 16.8. The fourth-order valence-electron chi connectivity index (χ4n) is 2.78. The monoisotopic (exact) mass is 367 g/mol. The van der Waals surface area contributed by atoms with E-state index in [0.29, 0.717) is 11.1 Å². The van der Waals surface area contributed by atoms with E-state index < -0.39 is 0 Å². The predicted octanol–water partition coefficient (Wildman–Crippen LogP) is 4.30. The van der Waals surface area contributed by atoms with Crippen LogP contribution in [0.4, 0.5) is 5.69 Å². The third kappa shape index (κ3) is 5.33. The summed E-state index contributed by atoms with van der Waals surface area (Å²) >= 11 is 0. The Morgan fingerprint density at radius 1 is 1.11 bits per heavy atom. The quantitative estimate of drug-likeness (QED) is 0.591. The van der Waals surface area contributed by atoms with Crippen LogP contribution in [0, 0.1) is 0 Å². The van der Waals surface area contributed by atoms with Crippen LogP contribution < -0.4 is 10.3 Å². The van der Waals surface area contributed by atoms with E-state index in [-0.39, 0.29) is 17.1 Å². The van der Waals surface area contributed by atoms with Crippen LogP contribution in [0.5, 0.6) is 5.75 Å². The van der Waals surface area contributed by atoms with Crippen LogP contribution in [0.2, 0.25) is 0 Å². The molecule has 0 aliphatic rings. The van der Waals surface area contributed by atoms with Gasteiger partial charge in [-0.25, -0.2) is 5.43 Å². The second-order valence-electron chi connectivity index (χ2n) is 7.44. The Hall–Kier alpha value is -2.82. The highest BCUT2D eigenvalue weighted by Crippen LogP contribution is 2.23. The molecule has 0 aliphatic heterocycles. The lowest BCUT2D eigenvalue weighted by atomic mass is 9.87. The third-order valence-corrected chi connectivity index (χ3v) is 4.52. The lowest BCUT2D eigenvalue weighted by Gasteiger charge is -2.21. The Bertz CT molecular complexity index is 801. The Balaban J connectivity index is 2.08. The molecule has 2 aromatic carbocycles. The van der Waals surface area contributed by atoms with Crippen LogP contribution in [0.25, 0.3) is 0 Å². The number of rotatable bonds is 6. The van der Waals surface area contributed by atoms with Gasteiger partial charge in [-0.2, -0.15) is 5.10 Å². The maximum Gasteiger partial charge on any atom is 0.271 e. The number of nitrogens with zero attached hydrogens (tertiary/aromatic N) is 2. The topological polar surface area (TPSA) is 64.9 Å². The van der Waals surface area contributed by atoms with Gasteiger partial charge in [0, 0.05) is 29.9 Å². The molecule has 5 nitrogen and oxygen atoms in total. The van der Waals surface area contributed by atoms with Crippen molar-refractivity contribution in [2.75, 3.05) is 18.0 Å². The van der Waals surface area contributed by atoms with Gasteiger partial charge in [0.1, 0.15) is 5.75 Å². The number of anilines is 1. The van der Waals surface area contributed by atoms with E-state index in [4.69, 9.17) is 0 Å². The first-order valence-corrected chi connectivity index (χ1v) is 9.28. The first kappa shape index (κ1) is 20.5. The summed E-state index contributed by atoms with van der Waals surface area (Å²) in [4.78, 5) is 14.4. The number of nitrogens with one attached hydrogen (secondary N) is 1. The van der Waals surface area contributed by atoms with Crippen molar-refractivity contribution in [3.8, 4) is 5.75 Å². The molecule has 0 aromatic heterocycles. The largest absolute Gasteiger partial charge is 0.507 e. The summed E-state index contributed by atoms with van der Waals surface area (Å²) < 4.78 is 0. The maximum absolute atomic E-state index is 12.3. The summed E-state index contributed by atoms with van der Waals surface area (Å²) in [5.41, 5.74) is 5.83. The van der Waals surface area contributed by atoms with Gasteiger partial charge in [0.25, 0.3) is 5.91 Å². The molecule has 0 atom stereocenters. The summed E-state index contributed by atoms with van der Waals surface area (Å²) in [6.07, 6.45) is 1.46. The average Bonchev–Trinajstić information content (AvgIpc) is 2.64. The standard InChI is InChI=1S/C22H29N3O2/c1-6-25(7-2)19-12-13-20(26)17(14-19)15-23-24-21(27)16-8-10-18(11-9-16)22(3,4)5/h8-15,26H,6-7H2,1-5H3,(H,24,27)/b23-15+. The highest BCUT2D eigenvalue weighted by molar-refractivity contribution is 5.95. The van der Waals surface area contributed by atoms with E-state index in [0.717, 1.165) is 18.8 Å². The molecule has 27 heavy (non-hydrogen) atoms. The first-order valence-electron chi connectivity index (χ1n) is 9.28. The van der Waals surface area contributed by atoms with E-state index in [1.165, 1.54) is 11.8 Å². The molecule has 2 aromatic rings. The fraction of sp³-hybridized carbons (Fsp3) is 0.364. The fourth-order valence-corrected chi connectivity index (χ4v) is 2.78. The number of phenols is 1. The first-order chi connectivity index (χ1) is 12.8. The number of hydrazone groups is 1. The highest BCUT2D eigenvalue weighted by atomic mass is 16.3. The minimum atomic E-state index is -0.286. The van der Waals surface area contributed by atoms with Gasteiger partial charge in [-0.3, -0.25) is 4.79 Å². The normalized spacial score (nSPS) is 11.6. The number of hydrogen-bond donors (Lipinski definition) is 2. The molecular weight excluding hydrogens is 338 g/mol. The number of aromatic hydroxyl groups is 1. The van der Waals surface area contributed by atoms with Crippen molar-refractivity contribution in [3.63, 3.8) is 0 Å². The number of carbonyl (C=O) groups is 1. The zero-order valence-corrected chi connectivity index (χ0v) is 16.8. The van der Waals surface area contributed by atoms with Gasteiger partial charge < -0.3 is 10.0 Å². The van der Waals surface area contributed by atoms with Crippen LogP contribution in [-0.2, 0) is 5.41 Å². The minimum absolute atomic E-state index is 0.0422. The van der Waals surface area contributed by atoms with Crippen LogP contribution in [-0.4, -0.2) is 30.3 Å². The molecule has 0 spiro atoms. The van der Waals surface area contributed by atoms with Crippen LogP contribution >= 0.6 is 0 Å². The number of hydrogen-bond acceptors (Lipinski definition) is 4. The van der Waals surface area contributed by atoms with E-state index >= 15 is 0 Å². The zero-order chi connectivity index (χ0) is 20.0. The molecule has 0 fully saturated rings. The van der Waals surface area contributed by atoms with E-state index in [1.54, 1.807) is 18.2 Å². The van der Waals surface area contributed by atoms with Crippen molar-refractivity contribution >= 4 is 17.8 Å². The van der Waals surface area contributed by atoms with Crippen molar-refractivity contribution in [2.24, 2.45) is 5.10 Å². The summed E-state index contributed by atoms with van der Waals surface area (Å²) in [6, 6.07) is 12.9. The summed E-state index contributed by atoms with van der Waals surface area (Å²) in [5, 5.41) is 14.0. The molecule has 2 rings (SSSR count). The Morgan fingerprint density at radius 3 is 2.30 bits per heavy atom. The molecule has 0 saturated heterocycles. The van der Waals surface area contributed by atoms with Gasteiger partial charge in [0.2, 0.25) is 0 Å². The summed E-state index contributed by atoms with van der Waals surface area (Å²) in [5.74, 6) is -0.162. The number of carbonyl (C=O) groups excluding carboxylic acids is 1. The molecule has 0 radical (unpaired) electrons. The van der Waals surface area contributed by atoms with Gasteiger partial charge in [0.15, 0.2) is 0 Å². The molecule has 0 aliphatic carbocycles. The second-order valence-corrected chi connectivity index (χ2v) is 7.44. The van der Waals surface area contributed by atoms with Crippen LogP contribution in [0.3, 0.4) is 0 Å². The molecule has 0 bridgehead atoms. The van der Waals surface area contributed by atoms with Crippen LogP contribution in [0.1, 0.15) is 56.1 Å². The number of phenolic OH excluding ortho intramolecular Hbond substituents is 1. The third-order valence-electron chi connectivity index (χ3n) is 4.52. The predicted molar refractivity (Wildman–Crippen MR) is 112 cm³/mol. The van der Waals surface area contributed by atoms with E-state index in [1.807, 2.05) is 24.3 Å². The molecule has 2 N–H and O–H groups in total. The second kappa shape index (κ2) is 8.71. The molecular formula is C22H29N3O2. The molecule has 0 unspecified atom stereocenters. The number of amides is 1. The van der Waals surface area contributed by atoms with E-state index in [9.17, 15) is 9.90 Å². The Morgan fingerprint density at radius 2 is 1.74 bits per heavy atom. The van der Waals surface area contributed by atoms with Gasteiger partial charge in [-0.1, -0.05) is 32.9 Å². The smallest absolute Gasteiger partial charge is 0.271 e. The van der Waals surface area contributed by atoms with Gasteiger partial charge in [-0.15, -0.1) is 0 Å². The molecule has 144 valence electrons. The SMILES string of the molecule is CCN(CC)c1ccc(O)c(/C=N/NC(=O)c2ccc(C(C)(C)C)cc2)c1. The van der Waals surface area contributed by atoms with Crippen molar-refractivity contribution in [1.29, 1.82) is 0 Å². The lowest BCUT2D eigenvalue weighted by molar-refractivity contribution is 0.0955. The van der Waals surface area contributed by atoms with Crippen molar-refractivity contribution < 1.29 is 9.90 Å². The summed E-state index contributed by atoms with van der Waals surface area (Å²) in [7, 11) is 0. The Labute approximate surface area is 161 Å². The maximum atomic E-state index is 12.3. The Kier molecular flexibility index (Phi) is 6.61. The van der Waals surface area contributed by atoms with Gasteiger partial charge >= 0.3 is 0 Å². The molecule has 1 amide bonds. The molecule has 0 saturated carbocycles. The van der Waals surface area contributed by atoms with Crippen LogP contribution in [0.15, 0.2) is 47.6 Å². The van der Waals surface area contributed by atoms with Crippen molar-refractivity contribution in [2.45, 2.75) is 40.0 Å². The van der Waals surface area contributed by atoms with E-state index in [2.05, 4.69) is 50.0 Å². The van der Waals surface area contributed by atoms with Crippen molar-refractivity contribution in [3.05, 3.63) is 59.2 Å².